The van der Waals surface area contributed by atoms with Gasteiger partial charge >= 0.3 is 0 Å². The number of phenolic OH excluding ortho intramolecular Hbond substituents is 1. The third kappa shape index (κ3) is 2.71. The zero-order valence-electron chi connectivity index (χ0n) is 11.1. The fraction of sp³-hybridized carbons (Fsp3) is 0.200. The van der Waals surface area contributed by atoms with Crippen LogP contribution >= 0.6 is 0 Å². The molecule has 0 aliphatic rings. The van der Waals surface area contributed by atoms with E-state index >= 15 is 0 Å². The molecule has 0 unspecified atom stereocenters. The summed E-state index contributed by atoms with van der Waals surface area (Å²) >= 11 is 0. The summed E-state index contributed by atoms with van der Waals surface area (Å²) in [5.41, 5.74) is 2.11. The molecule has 0 spiro atoms. The molecule has 106 valence electrons. The van der Waals surface area contributed by atoms with E-state index in [-0.39, 0.29) is 18.0 Å². The molecule has 2 N–H and O–H groups in total. The van der Waals surface area contributed by atoms with Gasteiger partial charge in [-0.1, -0.05) is 12.1 Å². The molecular formula is C15H14F3NO. The lowest BCUT2D eigenvalue weighted by molar-refractivity contribution is 0.449. The second-order valence-corrected chi connectivity index (χ2v) is 4.65. The van der Waals surface area contributed by atoms with E-state index in [2.05, 4.69) is 5.32 Å². The predicted octanol–water partition coefficient (Wildman–Crippen LogP) is 4.04. The van der Waals surface area contributed by atoms with E-state index in [1.54, 1.807) is 26.0 Å². The Morgan fingerprint density at radius 2 is 1.60 bits per heavy atom. The second-order valence-electron chi connectivity index (χ2n) is 4.65. The van der Waals surface area contributed by atoms with Crippen molar-refractivity contribution in [3.8, 4) is 5.75 Å². The molecule has 2 aromatic rings. The third-order valence-electron chi connectivity index (χ3n) is 3.07. The van der Waals surface area contributed by atoms with E-state index in [1.165, 1.54) is 0 Å². The molecule has 20 heavy (non-hydrogen) atoms. The highest BCUT2D eigenvalue weighted by Crippen LogP contribution is 2.24. The molecule has 5 heteroatoms. The van der Waals surface area contributed by atoms with Crippen molar-refractivity contribution in [3.63, 3.8) is 0 Å². The number of rotatable bonds is 3. The van der Waals surface area contributed by atoms with Crippen molar-refractivity contribution in [1.82, 2.24) is 0 Å². The lowest BCUT2D eigenvalue weighted by Gasteiger charge is -2.11. The standard InChI is InChI=1S/C15H14F3NO/c1-8-5-10(6-9(2)15(8)20)7-19-12-4-3-11(16)13(17)14(12)18/h3-6,19-20H,7H2,1-2H3. The van der Waals surface area contributed by atoms with Crippen LogP contribution in [-0.4, -0.2) is 5.11 Å². The predicted molar refractivity (Wildman–Crippen MR) is 71.2 cm³/mol. The molecule has 0 heterocycles. The lowest BCUT2D eigenvalue weighted by atomic mass is 10.1. The molecule has 0 aliphatic carbocycles. The van der Waals surface area contributed by atoms with Crippen LogP contribution in [0, 0.1) is 31.3 Å². The van der Waals surface area contributed by atoms with Gasteiger partial charge in [0.2, 0.25) is 0 Å². The number of aromatic hydroxyl groups is 1. The number of hydrogen-bond acceptors (Lipinski definition) is 2. The summed E-state index contributed by atoms with van der Waals surface area (Å²) in [7, 11) is 0. The van der Waals surface area contributed by atoms with E-state index in [1.807, 2.05) is 0 Å². The maximum Gasteiger partial charge on any atom is 0.196 e. The quantitative estimate of drug-likeness (QED) is 0.832. The Hall–Kier alpha value is -2.17. The zero-order valence-corrected chi connectivity index (χ0v) is 11.1. The van der Waals surface area contributed by atoms with Crippen molar-refractivity contribution in [2.75, 3.05) is 5.32 Å². The van der Waals surface area contributed by atoms with Gasteiger partial charge in [-0.25, -0.2) is 13.2 Å². The van der Waals surface area contributed by atoms with Gasteiger partial charge in [0.15, 0.2) is 17.5 Å². The Bertz CT molecular complexity index is 633. The lowest BCUT2D eigenvalue weighted by Crippen LogP contribution is -2.04. The number of aryl methyl sites for hydroxylation is 2. The van der Waals surface area contributed by atoms with Gasteiger partial charge in [0.25, 0.3) is 0 Å². The molecular weight excluding hydrogens is 267 g/mol. The van der Waals surface area contributed by atoms with Crippen LogP contribution in [0.4, 0.5) is 18.9 Å². The van der Waals surface area contributed by atoms with E-state index in [9.17, 15) is 18.3 Å². The Balaban J connectivity index is 2.19. The first-order valence-electron chi connectivity index (χ1n) is 6.06. The first-order valence-corrected chi connectivity index (χ1v) is 6.06. The van der Waals surface area contributed by atoms with Crippen LogP contribution in [-0.2, 0) is 6.54 Å². The fourth-order valence-corrected chi connectivity index (χ4v) is 2.01. The van der Waals surface area contributed by atoms with Crippen LogP contribution in [0.1, 0.15) is 16.7 Å². The molecule has 0 bridgehead atoms. The monoisotopic (exact) mass is 281 g/mol. The topological polar surface area (TPSA) is 32.3 Å². The fourth-order valence-electron chi connectivity index (χ4n) is 2.01. The van der Waals surface area contributed by atoms with Gasteiger partial charge in [0, 0.05) is 6.54 Å². The third-order valence-corrected chi connectivity index (χ3v) is 3.07. The molecule has 0 aromatic heterocycles. The second kappa shape index (κ2) is 5.45. The van der Waals surface area contributed by atoms with E-state index in [4.69, 9.17) is 0 Å². The number of benzene rings is 2. The van der Waals surface area contributed by atoms with Crippen molar-refractivity contribution in [1.29, 1.82) is 0 Å². The summed E-state index contributed by atoms with van der Waals surface area (Å²) in [6.45, 7) is 3.75. The van der Waals surface area contributed by atoms with Gasteiger partial charge in [-0.2, -0.15) is 0 Å². The van der Waals surface area contributed by atoms with Crippen LogP contribution < -0.4 is 5.32 Å². The summed E-state index contributed by atoms with van der Waals surface area (Å²) in [5, 5.41) is 12.4. The molecule has 0 saturated carbocycles. The Morgan fingerprint density at radius 1 is 1.00 bits per heavy atom. The van der Waals surface area contributed by atoms with Crippen molar-refractivity contribution < 1.29 is 18.3 Å². The molecule has 0 saturated heterocycles. The van der Waals surface area contributed by atoms with E-state index in [0.29, 0.717) is 11.1 Å². The smallest absolute Gasteiger partial charge is 0.196 e. The van der Waals surface area contributed by atoms with Crippen molar-refractivity contribution in [2.24, 2.45) is 0 Å². The number of phenols is 1. The first-order chi connectivity index (χ1) is 9.40. The normalized spacial score (nSPS) is 10.7. The Kier molecular flexibility index (Phi) is 3.88. The van der Waals surface area contributed by atoms with Crippen molar-refractivity contribution >= 4 is 5.69 Å². The number of hydrogen-bond donors (Lipinski definition) is 2. The van der Waals surface area contributed by atoms with Crippen molar-refractivity contribution in [3.05, 3.63) is 58.4 Å². The van der Waals surface area contributed by atoms with Gasteiger partial charge in [0.05, 0.1) is 5.69 Å². The average Bonchev–Trinajstić information content (AvgIpc) is 2.41. The number of nitrogens with one attached hydrogen (secondary N) is 1. The maximum absolute atomic E-state index is 13.5. The molecule has 0 fully saturated rings. The minimum atomic E-state index is -1.49. The average molecular weight is 281 g/mol. The molecule has 2 nitrogen and oxygen atoms in total. The SMILES string of the molecule is Cc1cc(CNc2ccc(F)c(F)c2F)cc(C)c1O. The van der Waals surface area contributed by atoms with E-state index in [0.717, 1.165) is 17.7 Å². The van der Waals surface area contributed by atoms with Gasteiger partial charge in [0.1, 0.15) is 5.75 Å². The van der Waals surface area contributed by atoms with Gasteiger partial charge in [-0.05, 0) is 42.7 Å². The van der Waals surface area contributed by atoms with Crippen molar-refractivity contribution in [2.45, 2.75) is 20.4 Å². The molecule has 0 atom stereocenters. The summed E-state index contributed by atoms with van der Waals surface area (Å²) in [4.78, 5) is 0. The summed E-state index contributed by atoms with van der Waals surface area (Å²) in [6.07, 6.45) is 0. The molecule has 0 amide bonds. The highest BCUT2D eigenvalue weighted by molar-refractivity contribution is 5.47. The minimum absolute atomic E-state index is 0.104. The van der Waals surface area contributed by atoms with Gasteiger partial charge in [-0.15, -0.1) is 0 Å². The Labute approximate surface area is 114 Å². The number of anilines is 1. The van der Waals surface area contributed by atoms with Crippen LogP contribution in [0.2, 0.25) is 0 Å². The summed E-state index contributed by atoms with van der Waals surface area (Å²) in [6, 6.07) is 5.50. The van der Waals surface area contributed by atoms with Crippen LogP contribution in [0.15, 0.2) is 24.3 Å². The van der Waals surface area contributed by atoms with Crippen LogP contribution in [0.5, 0.6) is 5.75 Å². The van der Waals surface area contributed by atoms with Gasteiger partial charge in [-0.3, -0.25) is 0 Å². The Morgan fingerprint density at radius 3 is 2.20 bits per heavy atom. The summed E-state index contributed by atoms with van der Waals surface area (Å²) < 4.78 is 39.3. The first kappa shape index (κ1) is 14.2. The largest absolute Gasteiger partial charge is 0.507 e. The van der Waals surface area contributed by atoms with Gasteiger partial charge < -0.3 is 10.4 Å². The summed E-state index contributed by atoms with van der Waals surface area (Å²) in [5.74, 6) is -3.73. The maximum atomic E-state index is 13.5. The highest BCUT2D eigenvalue weighted by Gasteiger charge is 2.13. The molecule has 0 aliphatic heterocycles. The molecule has 2 rings (SSSR count). The van der Waals surface area contributed by atoms with E-state index < -0.39 is 17.5 Å². The van der Waals surface area contributed by atoms with Crippen LogP contribution in [0.3, 0.4) is 0 Å². The minimum Gasteiger partial charge on any atom is -0.507 e. The van der Waals surface area contributed by atoms with Crippen LogP contribution in [0.25, 0.3) is 0 Å². The molecule has 2 aromatic carbocycles. The number of halogens is 3. The zero-order chi connectivity index (χ0) is 14.9. The molecule has 0 radical (unpaired) electrons. The highest BCUT2D eigenvalue weighted by atomic mass is 19.2.